The summed E-state index contributed by atoms with van der Waals surface area (Å²) in [7, 11) is -6.67. The fourth-order valence-electron chi connectivity index (χ4n) is 4.66. The predicted molar refractivity (Wildman–Crippen MR) is 123 cm³/mol. The summed E-state index contributed by atoms with van der Waals surface area (Å²) in [5, 5.41) is 4.64. The lowest BCUT2D eigenvalue weighted by atomic mass is 10.2. The Morgan fingerprint density at radius 2 is 1.81 bits per heavy atom. The number of nitrogens with zero attached hydrogens (tertiary/aromatic N) is 4. The Labute approximate surface area is 189 Å². The van der Waals surface area contributed by atoms with E-state index in [0.29, 0.717) is 45.0 Å². The first kappa shape index (κ1) is 23.1. The Morgan fingerprint density at radius 3 is 2.44 bits per heavy atom. The van der Waals surface area contributed by atoms with Gasteiger partial charge in [-0.3, -0.25) is 4.68 Å². The van der Waals surface area contributed by atoms with Gasteiger partial charge in [-0.2, -0.15) is 9.40 Å². The number of sulfone groups is 1. The molecule has 2 aromatic rings. The first-order valence-corrected chi connectivity index (χ1v) is 14.1. The van der Waals surface area contributed by atoms with Crippen molar-refractivity contribution in [3.63, 3.8) is 0 Å². The molecule has 2 saturated heterocycles. The lowest BCUT2D eigenvalue weighted by Crippen LogP contribution is -2.49. The van der Waals surface area contributed by atoms with Crippen LogP contribution in [0, 0.1) is 13.8 Å². The SMILES string of the molecule is CCOc1ccccc1S(=O)(=O)N1CCN(c2c(C)nn(C3CCS(=O)(=O)C3)c2C)CC1. The largest absolute Gasteiger partial charge is 0.492 e. The molecule has 1 aromatic carbocycles. The summed E-state index contributed by atoms with van der Waals surface area (Å²) in [5.74, 6) is 0.696. The summed E-state index contributed by atoms with van der Waals surface area (Å²) < 4.78 is 59.2. The van der Waals surface area contributed by atoms with Crippen LogP contribution < -0.4 is 9.64 Å². The quantitative estimate of drug-likeness (QED) is 0.618. The third-order valence-corrected chi connectivity index (χ3v) is 9.85. The molecule has 0 spiro atoms. The van der Waals surface area contributed by atoms with Crippen LogP contribution in [-0.2, 0) is 19.9 Å². The molecule has 3 heterocycles. The second kappa shape index (κ2) is 8.68. The molecule has 176 valence electrons. The number of aryl methyl sites for hydroxylation is 1. The molecule has 0 aliphatic carbocycles. The van der Waals surface area contributed by atoms with Crippen LogP contribution in [0.5, 0.6) is 5.75 Å². The van der Waals surface area contributed by atoms with Crippen molar-refractivity contribution in [2.45, 2.75) is 38.1 Å². The number of sulfonamides is 1. The number of benzene rings is 1. The van der Waals surface area contributed by atoms with Crippen molar-refractivity contribution in [2.75, 3.05) is 49.2 Å². The van der Waals surface area contributed by atoms with Gasteiger partial charge in [0.05, 0.1) is 41.2 Å². The molecule has 0 N–H and O–H groups in total. The maximum Gasteiger partial charge on any atom is 0.246 e. The monoisotopic (exact) mass is 482 g/mol. The molecule has 2 aliphatic heterocycles. The van der Waals surface area contributed by atoms with Crippen molar-refractivity contribution in [1.82, 2.24) is 14.1 Å². The topological polar surface area (TPSA) is 102 Å². The van der Waals surface area contributed by atoms with Crippen LogP contribution >= 0.6 is 0 Å². The van der Waals surface area contributed by atoms with Crippen molar-refractivity contribution in [3.05, 3.63) is 35.7 Å². The zero-order chi connectivity index (χ0) is 23.1. The van der Waals surface area contributed by atoms with Crippen LogP contribution in [0.4, 0.5) is 5.69 Å². The second-order valence-electron chi connectivity index (χ2n) is 8.29. The molecule has 1 unspecified atom stereocenters. The summed E-state index contributed by atoms with van der Waals surface area (Å²) in [5.41, 5.74) is 2.74. The summed E-state index contributed by atoms with van der Waals surface area (Å²) in [6.07, 6.45) is 0.578. The second-order valence-corrected chi connectivity index (χ2v) is 12.4. The molecule has 2 aliphatic rings. The van der Waals surface area contributed by atoms with Crippen molar-refractivity contribution < 1.29 is 21.6 Å². The van der Waals surface area contributed by atoms with Crippen LogP contribution in [0.1, 0.15) is 30.8 Å². The molecule has 0 bridgehead atoms. The molecular weight excluding hydrogens is 452 g/mol. The summed E-state index contributed by atoms with van der Waals surface area (Å²) >= 11 is 0. The van der Waals surface area contributed by atoms with Gasteiger partial charge >= 0.3 is 0 Å². The number of rotatable bonds is 6. The van der Waals surface area contributed by atoms with E-state index in [4.69, 9.17) is 4.74 Å². The zero-order valence-electron chi connectivity index (χ0n) is 18.7. The van der Waals surface area contributed by atoms with Gasteiger partial charge in [-0.15, -0.1) is 0 Å². The van der Waals surface area contributed by atoms with Gasteiger partial charge in [0.2, 0.25) is 10.0 Å². The van der Waals surface area contributed by atoms with Crippen LogP contribution in [0.25, 0.3) is 0 Å². The zero-order valence-corrected chi connectivity index (χ0v) is 20.3. The molecule has 0 saturated carbocycles. The number of ether oxygens (including phenoxy) is 1. The number of aromatic nitrogens is 2. The highest BCUT2D eigenvalue weighted by molar-refractivity contribution is 7.91. The van der Waals surface area contributed by atoms with Gasteiger partial charge in [-0.1, -0.05) is 12.1 Å². The molecule has 32 heavy (non-hydrogen) atoms. The highest BCUT2D eigenvalue weighted by Gasteiger charge is 2.34. The molecule has 0 amide bonds. The normalized spacial score (nSPS) is 21.7. The first-order chi connectivity index (χ1) is 15.1. The van der Waals surface area contributed by atoms with Crippen molar-refractivity contribution >= 4 is 25.5 Å². The third-order valence-electron chi connectivity index (χ3n) is 6.16. The smallest absolute Gasteiger partial charge is 0.246 e. The van der Waals surface area contributed by atoms with E-state index < -0.39 is 19.9 Å². The molecule has 1 atom stereocenters. The van der Waals surface area contributed by atoms with Gasteiger partial charge in [-0.25, -0.2) is 16.8 Å². The summed E-state index contributed by atoms with van der Waals surface area (Å²) in [6, 6.07) is 6.60. The minimum absolute atomic E-state index is 0.125. The fraction of sp³-hybridized carbons (Fsp3) is 0.571. The van der Waals surface area contributed by atoms with E-state index in [-0.39, 0.29) is 22.4 Å². The van der Waals surface area contributed by atoms with E-state index in [1.807, 2.05) is 25.5 Å². The van der Waals surface area contributed by atoms with Gasteiger partial charge in [0.25, 0.3) is 0 Å². The van der Waals surface area contributed by atoms with Crippen LogP contribution in [0.15, 0.2) is 29.2 Å². The lowest BCUT2D eigenvalue weighted by molar-refractivity contribution is 0.327. The van der Waals surface area contributed by atoms with Crippen molar-refractivity contribution in [1.29, 1.82) is 0 Å². The first-order valence-electron chi connectivity index (χ1n) is 10.9. The average molecular weight is 483 g/mol. The molecule has 0 radical (unpaired) electrons. The number of anilines is 1. The number of para-hydroxylation sites is 1. The molecule has 11 heteroatoms. The highest BCUT2D eigenvalue weighted by atomic mass is 32.2. The summed E-state index contributed by atoms with van der Waals surface area (Å²) in [6.45, 7) is 7.87. The molecule has 1 aromatic heterocycles. The Morgan fingerprint density at radius 1 is 1.12 bits per heavy atom. The van der Waals surface area contributed by atoms with Gasteiger partial charge in [0, 0.05) is 26.2 Å². The van der Waals surface area contributed by atoms with Crippen LogP contribution in [0.2, 0.25) is 0 Å². The van der Waals surface area contributed by atoms with Gasteiger partial charge in [0.15, 0.2) is 9.84 Å². The Bertz CT molecular complexity index is 1200. The Balaban J connectivity index is 1.51. The average Bonchev–Trinajstić information content (AvgIpc) is 3.26. The fourth-order valence-corrected chi connectivity index (χ4v) is 7.91. The Kier molecular flexibility index (Phi) is 6.25. The number of piperazine rings is 1. The molecular formula is C21H30N4O5S2. The van der Waals surface area contributed by atoms with E-state index in [0.717, 1.165) is 17.1 Å². The van der Waals surface area contributed by atoms with Gasteiger partial charge in [0.1, 0.15) is 10.6 Å². The minimum Gasteiger partial charge on any atom is -0.492 e. The van der Waals surface area contributed by atoms with E-state index in [9.17, 15) is 16.8 Å². The van der Waals surface area contributed by atoms with Gasteiger partial charge in [-0.05, 0) is 39.3 Å². The molecule has 9 nitrogen and oxygen atoms in total. The van der Waals surface area contributed by atoms with Crippen LogP contribution in [-0.4, -0.2) is 75.2 Å². The summed E-state index contributed by atoms with van der Waals surface area (Å²) in [4.78, 5) is 2.34. The lowest BCUT2D eigenvalue weighted by Gasteiger charge is -2.35. The number of hydrogen-bond acceptors (Lipinski definition) is 7. The third kappa shape index (κ3) is 4.25. The van der Waals surface area contributed by atoms with E-state index in [2.05, 4.69) is 10.00 Å². The van der Waals surface area contributed by atoms with Crippen molar-refractivity contribution in [3.8, 4) is 5.75 Å². The van der Waals surface area contributed by atoms with E-state index >= 15 is 0 Å². The maximum absolute atomic E-state index is 13.3. The van der Waals surface area contributed by atoms with Crippen molar-refractivity contribution in [2.24, 2.45) is 0 Å². The standard InChI is InChI=1S/C21H30N4O5S2/c1-4-30-19-7-5-6-8-20(19)32(28,29)24-12-10-23(11-13-24)21-16(2)22-25(17(21)3)18-9-14-31(26,27)15-18/h5-8,18H,4,9-15H2,1-3H3. The molecule has 4 rings (SSSR count). The number of hydrogen-bond donors (Lipinski definition) is 0. The maximum atomic E-state index is 13.3. The van der Waals surface area contributed by atoms with Gasteiger partial charge < -0.3 is 9.64 Å². The Hall–Kier alpha value is -2.11. The van der Waals surface area contributed by atoms with E-state index in [1.165, 1.54) is 4.31 Å². The highest BCUT2D eigenvalue weighted by Crippen LogP contribution is 2.33. The minimum atomic E-state index is -3.67. The van der Waals surface area contributed by atoms with E-state index in [1.54, 1.807) is 24.3 Å². The van der Waals surface area contributed by atoms with Crippen LogP contribution in [0.3, 0.4) is 0 Å². The predicted octanol–water partition coefficient (Wildman–Crippen LogP) is 1.77. The molecule has 2 fully saturated rings.